The molecule has 0 fully saturated rings. The number of rotatable bonds is 6. The highest BCUT2D eigenvalue weighted by Crippen LogP contribution is 2.28. The number of aromatic carboxylic acids is 1. The van der Waals surface area contributed by atoms with Crippen LogP contribution in [0, 0.1) is 0 Å². The van der Waals surface area contributed by atoms with Crippen molar-refractivity contribution in [2.75, 3.05) is 6.61 Å². The first kappa shape index (κ1) is 17.6. The Hall–Kier alpha value is -2.79. The van der Waals surface area contributed by atoms with E-state index in [1.165, 1.54) is 0 Å². The van der Waals surface area contributed by atoms with Crippen molar-refractivity contribution in [3.05, 3.63) is 76.4 Å². The predicted octanol–water partition coefficient (Wildman–Crippen LogP) is 5.79. The first-order chi connectivity index (χ1) is 13.1. The number of carbonyl (C=O) groups is 1. The molecule has 0 aliphatic heterocycles. The lowest BCUT2D eigenvalue weighted by Gasteiger charge is -2.09. The average molecular weight is 424 g/mol. The molecule has 0 atom stereocenters. The molecule has 4 rings (SSSR count). The highest BCUT2D eigenvalue weighted by molar-refractivity contribution is 9.10. The number of aromatic amines is 1. The van der Waals surface area contributed by atoms with Crippen LogP contribution in [-0.4, -0.2) is 22.7 Å². The van der Waals surface area contributed by atoms with E-state index in [1.807, 2.05) is 48.5 Å². The van der Waals surface area contributed by atoms with Crippen LogP contribution in [0.4, 0.5) is 0 Å². The fourth-order valence-corrected chi connectivity index (χ4v) is 3.78. The number of fused-ring (bicyclic) bond motifs is 2. The minimum absolute atomic E-state index is 0.258. The number of halogens is 1. The lowest BCUT2D eigenvalue weighted by atomic mass is 10.1. The second-order valence-corrected chi connectivity index (χ2v) is 7.32. The summed E-state index contributed by atoms with van der Waals surface area (Å²) in [6.45, 7) is 0.522. The van der Waals surface area contributed by atoms with Gasteiger partial charge in [0.2, 0.25) is 0 Å². The predicted molar refractivity (Wildman–Crippen MR) is 111 cm³/mol. The van der Waals surface area contributed by atoms with Crippen molar-refractivity contribution in [1.82, 2.24) is 4.98 Å². The van der Waals surface area contributed by atoms with Gasteiger partial charge in [-0.1, -0.05) is 52.3 Å². The highest BCUT2D eigenvalue weighted by Gasteiger charge is 2.17. The monoisotopic (exact) mass is 423 g/mol. The van der Waals surface area contributed by atoms with Crippen LogP contribution in [0.25, 0.3) is 21.7 Å². The number of hydrogen-bond acceptors (Lipinski definition) is 2. The van der Waals surface area contributed by atoms with Gasteiger partial charge in [-0.2, -0.15) is 0 Å². The number of carboxylic acids is 1. The van der Waals surface area contributed by atoms with Crippen LogP contribution in [0.3, 0.4) is 0 Å². The zero-order valence-electron chi connectivity index (χ0n) is 14.5. The summed E-state index contributed by atoms with van der Waals surface area (Å²) in [6.07, 6.45) is 1.35. The molecular formula is C22H18BrNO3. The van der Waals surface area contributed by atoms with Gasteiger partial charge in [0.05, 0.1) is 6.61 Å². The standard InChI is InChI=1S/C22H18BrNO3/c23-15-10-11-19-18(13-15)17(21(24-19)22(25)26)8-4-12-27-20-9-3-6-14-5-1-2-7-16(14)20/h1-3,5-7,9-11,13,24H,4,8,12H2,(H,25,26). The Morgan fingerprint density at radius 1 is 1.04 bits per heavy atom. The largest absolute Gasteiger partial charge is 0.493 e. The fraction of sp³-hybridized carbons (Fsp3) is 0.136. The third-order valence-corrected chi connectivity index (χ3v) is 5.15. The number of ether oxygens (including phenoxy) is 1. The average Bonchev–Trinajstić information content (AvgIpc) is 3.03. The first-order valence-corrected chi connectivity index (χ1v) is 9.57. The molecule has 1 heterocycles. The molecule has 0 saturated heterocycles. The van der Waals surface area contributed by atoms with Gasteiger partial charge in [-0.25, -0.2) is 4.79 Å². The van der Waals surface area contributed by atoms with Crippen LogP contribution < -0.4 is 4.74 Å². The lowest BCUT2D eigenvalue weighted by Crippen LogP contribution is -2.04. The number of carboxylic acid groups (broad SMARTS) is 1. The summed E-state index contributed by atoms with van der Waals surface area (Å²) in [7, 11) is 0. The zero-order chi connectivity index (χ0) is 18.8. The second-order valence-electron chi connectivity index (χ2n) is 6.40. The van der Waals surface area contributed by atoms with Crippen LogP contribution in [0.5, 0.6) is 5.75 Å². The van der Waals surface area contributed by atoms with Gasteiger partial charge in [0, 0.05) is 20.8 Å². The van der Waals surface area contributed by atoms with E-state index in [0.717, 1.165) is 43.9 Å². The number of benzene rings is 3. The topological polar surface area (TPSA) is 62.3 Å². The minimum atomic E-state index is -0.938. The van der Waals surface area contributed by atoms with Gasteiger partial charge >= 0.3 is 5.97 Å². The molecule has 4 aromatic rings. The molecule has 0 aliphatic rings. The Morgan fingerprint density at radius 2 is 1.85 bits per heavy atom. The van der Waals surface area contributed by atoms with Crippen molar-refractivity contribution in [2.24, 2.45) is 0 Å². The Bertz CT molecular complexity index is 1130. The maximum absolute atomic E-state index is 11.6. The third-order valence-electron chi connectivity index (χ3n) is 4.66. The van der Waals surface area contributed by atoms with E-state index in [1.54, 1.807) is 0 Å². The molecule has 0 radical (unpaired) electrons. The number of aryl methyl sites for hydroxylation is 1. The molecule has 27 heavy (non-hydrogen) atoms. The van der Waals surface area contributed by atoms with E-state index in [-0.39, 0.29) is 5.69 Å². The van der Waals surface area contributed by atoms with Crippen LogP contribution in [-0.2, 0) is 6.42 Å². The summed E-state index contributed by atoms with van der Waals surface area (Å²) in [5.41, 5.74) is 1.91. The van der Waals surface area contributed by atoms with Gasteiger partial charge in [0.25, 0.3) is 0 Å². The van der Waals surface area contributed by atoms with Crippen LogP contribution in [0.15, 0.2) is 65.1 Å². The first-order valence-electron chi connectivity index (χ1n) is 8.77. The van der Waals surface area contributed by atoms with Crippen LogP contribution in [0.2, 0.25) is 0 Å². The van der Waals surface area contributed by atoms with Gasteiger partial charge in [-0.15, -0.1) is 0 Å². The summed E-state index contributed by atoms with van der Waals surface area (Å²) in [5, 5.41) is 12.7. The molecule has 5 heteroatoms. The van der Waals surface area contributed by atoms with Crippen molar-refractivity contribution in [3.8, 4) is 5.75 Å². The number of nitrogens with one attached hydrogen (secondary N) is 1. The lowest BCUT2D eigenvalue weighted by molar-refractivity contribution is 0.0690. The zero-order valence-corrected chi connectivity index (χ0v) is 16.1. The van der Waals surface area contributed by atoms with Crippen molar-refractivity contribution in [3.63, 3.8) is 0 Å². The maximum atomic E-state index is 11.6. The number of aromatic nitrogens is 1. The van der Waals surface area contributed by atoms with Crippen LogP contribution in [0.1, 0.15) is 22.5 Å². The molecule has 1 aromatic heterocycles. The molecule has 0 saturated carbocycles. The second kappa shape index (κ2) is 7.45. The van der Waals surface area contributed by atoms with E-state index in [9.17, 15) is 9.90 Å². The Kier molecular flexibility index (Phi) is 4.86. The molecule has 0 aliphatic carbocycles. The van der Waals surface area contributed by atoms with Crippen molar-refractivity contribution < 1.29 is 14.6 Å². The minimum Gasteiger partial charge on any atom is -0.493 e. The van der Waals surface area contributed by atoms with Gasteiger partial charge in [-0.05, 0) is 48.1 Å². The number of hydrogen-bond donors (Lipinski definition) is 2. The molecule has 3 aromatic carbocycles. The van der Waals surface area contributed by atoms with Gasteiger partial charge in [0.1, 0.15) is 11.4 Å². The van der Waals surface area contributed by atoms with Gasteiger partial charge in [-0.3, -0.25) is 0 Å². The van der Waals surface area contributed by atoms with E-state index < -0.39 is 5.97 Å². The molecule has 0 amide bonds. The molecule has 0 bridgehead atoms. The molecule has 4 nitrogen and oxygen atoms in total. The fourth-order valence-electron chi connectivity index (χ4n) is 3.41. The SMILES string of the molecule is O=C(O)c1[nH]c2ccc(Br)cc2c1CCCOc1cccc2ccccc12. The summed E-state index contributed by atoms with van der Waals surface area (Å²) in [5.74, 6) is -0.0828. The molecule has 136 valence electrons. The molecule has 2 N–H and O–H groups in total. The Balaban J connectivity index is 1.51. The molecule has 0 unspecified atom stereocenters. The van der Waals surface area contributed by atoms with Crippen molar-refractivity contribution >= 4 is 43.6 Å². The van der Waals surface area contributed by atoms with Gasteiger partial charge < -0.3 is 14.8 Å². The maximum Gasteiger partial charge on any atom is 0.352 e. The van der Waals surface area contributed by atoms with E-state index >= 15 is 0 Å². The summed E-state index contributed by atoms with van der Waals surface area (Å²) in [6, 6.07) is 19.9. The van der Waals surface area contributed by atoms with E-state index in [2.05, 4.69) is 33.0 Å². The van der Waals surface area contributed by atoms with Crippen molar-refractivity contribution in [1.29, 1.82) is 0 Å². The summed E-state index contributed by atoms with van der Waals surface area (Å²) in [4.78, 5) is 14.6. The van der Waals surface area contributed by atoms with E-state index in [0.29, 0.717) is 13.0 Å². The number of H-pyrrole nitrogens is 1. The summed E-state index contributed by atoms with van der Waals surface area (Å²) < 4.78 is 6.92. The summed E-state index contributed by atoms with van der Waals surface area (Å²) >= 11 is 3.46. The quantitative estimate of drug-likeness (QED) is 0.385. The van der Waals surface area contributed by atoms with E-state index in [4.69, 9.17) is 4.74 Å². The third kappa shape index (κ3) is 3.55. The normalized spacial score (nSPS) is 11.1. The molecule has 0 spiro atoms. The molecular weight excluding hydrogens is 406 g/mol. The highest BCUT2D eigenvalue weighted by atomic mass is 79.9. The Morgan fingerprint density at radius 3 is 2.70 bits per heavy atom. The van der Waals surface area contributed by atoms with Gasteiger partial charge in [0.15, 0.2) is 0 Å². The Labute approximate surface area is 164 Å². The smallest absolute Gasteiger partial charge is 0.352 e. The van der Waals surface area contributed by atoms with Crippen molar-refractivity contribution in [2.45, 2.75) is 12.8 Å². The van der Waals surface area contributed by atoms with Crippen LogP contribution >= 0.6 is 15.9 Å².